The Balaban J connectivity index is 2.49. The maximum atomic E-state index is 13.3. The molecule has 0 bridgehead atoms. The number of hydrazine groups is 1. The Labute approximate surface area is 167 Å². The van der Waals surface area contributed by atoms with Crippen LogP contribution in [-0.2, 0) is 14.8 Å². The Bertz CT molecular complexity index is 956. The lowest BCUT2D eigenvalue weighted by atomic mass is 10.0. The van der Waals surface area contributed by atoms with Crippen molar-refractivity contribution in [2.24, 2.45) is 5.92 Å². The van der Waals surface area contributed by atoms with Gasteiger partial charge in [0.1, 0.15) is 6.04 Å². The van der Waals surface area contributed by atoms with Crippen LogP contribution >= 0.6 is 0 Å². The molecule has 0 aliphatic carbocycles. The molecule has 0 spiro atoms. The first kappa shape index (κ1) is 21.7. The van der Waals surface area contributed by atoms with E-state index in [4.69, 9.17) is 0 Å². The summed E-state index contributed by atoms with van der Waals surface area (Å²) in [6.45, 7) is 7.15. The lowest BCUT2D eigenvalue weighted by molar-refractivity contribution is -0.122. The molecule has 2 aromatic carbocycles. The van der Waals surface area contributed by atoms with Gasteiger partial charge in [0.15, 0.2) is 0 Å². The molecule has 0 radical (unpaired) electrons. The zero-order valence-electron chi connectivity index (χ0n) is 16.6. The number of aryl methyl sites for hydroxylation is 1. The number of rotatable bonds is 6. The average molecular weight is 399 g/mol. The quantitative estimate of drug-likeness (QED) is 0.598. The van der Waals surface area contributed by atoms with Gasteiger partial charge in [-0.05, 0) is 43.5 Å². The molecule has 0 aliphatic rings. The Morgan fingerprint density at radius 2 is 1.68 bits per heavy atom. The van der Waals surface area contributed by atoms with Gasteiger partial charge in [-0.3, -0.25) is 10.2 Å². The molecule has 1 N–H and O–H groups in total. The van der Waals surface area contributed by atoms with Crippen molar-refractivity contribution in [2.45, 2.75) is 45.1 Å². The van der Waals surface area contributed by atoms with Crippen LogP contribution in [0.15, 0.2) is 59.5 Å². The van der Waals surface area contributed by atoms with Crippen molar-refractivity contribution in [1.82, 2.24) is 9.84 Å². The van der Waals surface area contributed by atoms with Gasteiger partial charge in [-0.2, -0.15) is 0 Å². The van der Waals surface area contributed by atoms with Gasteiger partial charge in [-0.15, -0.1) is 0 Å². The minimum absolute atomic E-state index is 0.113. The number of sulfonamides is 1. The summed E-state index contributed by atoms with van der Waals surface area (Å²) in [6, 6.07) is 15.2. The van der Waals surface area contributed by atoms with E-state index in [1.807, 2.05) is 51.1 Å². The van der Waals surface area contributed by atoms with E-state index in [1.54, 1.807) is 12.1 Å². The molecule has 0 fully saturated rings. The predicted octanol–water partition coefficient (Wildman–Crippen LogP) is 3.50. The average Bonchev–Trinajstić information content (AvgIpc) is 2.64. The van der Waals surface area contributed by atoms with E-state index in [9.17, 15) is 13.2 Å². The van der Waals surface area contributed by atoms with Crippen molar-refractivity contribution >= 4 is 15.9 Å². The molecule has 2 aromatic rings. The van der Waals surface area contributed by atoms with E-state index in [2.05, 4.69) is 17.3 Å². The number of amides is 1. The van der Waals surface area contributed by atoms with Crippen LogP contribution in [0.4, 0.5) is 0 Å². The number of hydrogen-bond acceptors (Lipinski definition) is 3. The third kappa shape index (κ3) is 5.95. The SMILES string of the molecule is CC(=O)NN(C(C#Cc1ccccc1)CC(C)C)S(=O)(=O)c1ccc(C)cc1. The predicted molar refractivity (Wildman–Crippen MR) is 111 cm³/mol. The van der Waals surface area contributed by atoms with E-state index < -0.39 is 22.0 Å². The lowest BCUT2D eigenvalue weighted by Crippen LogP contribution is -2.51. The first-order valence-corrected chi connectivity index (χ1v) is 10.6. The molecule has 0 saturated heterocycles. The first-order chi connectivity index (χ1) is 13.2. The third-order valence-electron chi connectivity index (χ3n) is 3.98. The van der Waals surface area contributed by atoms with Crippen LogP contribution in [-0.4, -0.2) is 24.8 Å². The largest absolute Gasteiger partial charge is 0.274 e. The smallest absolute Gasteiger partial charge is 0.261 e. The molecule has 0 saturated carbocycles. The molecule has 5 nitrogen and oxygen atoms in total. The molecule has 1 amide bonds. The number of hydrogen-bond donors (Lipinski definition) is 1. The summed E-state index contributed by atoms with van der Waals surface area (Å²) in [5.74, 6) is 5.78. The second kappa shape index (κ2) is 9.54. The third-order valence-corrected chi connectivity index (χ3v) is 5.71. The summed E-state index contributed by atoms with van der Waals surface area (Å²) in [4.78, 5) is 11.9. The van der Waals surface area contributed by atoms with Crippen LogP contribution in [0.2, 0.25) is 0 Å². The normalized spacial score (nSPS) is 12.4. The monoisotopic (exact) mass is 398 g/mol. The van der Waals surface area contributed by atoms with Crippen LogP contribution < -0.4 is 5.43 Å². The fourth-order valence-electron chi connectivity index (χ4n) is 2.63. The summed E-state index contributed by atoms with van der Waals surface area (Å²) in [5.41, 5.74) is 4.21. The van der Waals surface area contributed by atoms with Crippen LogP contribution in [0.25, 0.3) is 0 Å². The topological polar surface area (TPSA) is 66.5 Å². The summed E-state index contributed by atoms with van der Waals surface area (Å²) in [5, 5.41) is 0. The number of nitrogens with zero attached hydrogens (tertiary/aromatic N) is 1. The fourth-order valence-corrected chi connectivity index (χ4v) is 4.06. The van der Waals surface area contributed by atoms with Gasteiger partial charge >= 0.3 is 0 Å². The van der Waals surface area contributed by atoms with Gasteiger partial charge < -0.3 is 0 Å². The van der Waals surface area contributed by atoms with Gasteiger partial charge in [-0.25, -0.2) is 8.42 Å². The van der Waals surface area contributed by atoms with Crippen molar-refractivity contribution in [2.75, 3.05) is 0 Å². The van der Waals surface area contributed by atoms with E-state index in [0.717, 1.165) is 15.5 Å². The van der Waals surface area contributed by atoms with E-state index in [1.165, 1.54) is 19.1 Å². The highest BCUT2D eigenvalue weighted by atomic mass is 32.2. The Hall–Kier alpha value is -2.62. The van der Waals surface area contributed by atoms with Crippen molar-refractivity contribution in [3.8, 4) is 11.8 Å². The number of carbonyl (C=O) groups is 1. The number of benzene rings is 2. The van der Waals surface area contributed by atoms with Gasteiger partial charge in [-0.1, -0.05) is 66.0 Å². The standard InChI is InChI=1S/C22H26N2O3S/c1-17(2)16-21(13-12-20-8-6-5-7-9-20)24(23-19(4)25)28(26,27)22-14-10-18(3)11-15-22/h5-11,14-15,17,21H,16H2,1-4H3,(H,23,25). The molecule has 2 rings (SSSR count). The fraction of sp³-hybridized carbons (Fsp3) is 0.318. The van der Waals surface area contributed by atoms with E-state index in [-0.39, 0.29) is 10.8 Å². The minimum atomic E-state index is -3.96. The molecular formula is C22H26N2O3S. The van der Waals surface area contributed by atoms with Gasteiger partial charge in [0.05, 0.1) is 4.90 Å². The van der Waals surface area contributed by atoms with E-state index in [0.29, 0.717) is 6.42 Å². The van der Waals surface area contributed by atoms with Crippen LogP contribution in [0.5, 0.6) is 0 Å². The molecule has 1 unspecified atom stereocenters. The highest BCUT2D eigenvalue weighted by molar-refractivity contribution is 7.89. The molecule has 0 aliphatic heterocycles. The molecular weight excluding hydrogens is 372 g/mol. The van der Waals surface area contributed by atoms with Crippen LogP contribution in [0.3, 0.4) is 0 Å². The van der Waals surface area contributed by atoms with Gasteiger partial charge in [0.25, 0.3) is 10.0 Å². The Morgan fingerprint density at radius 1 is 1.07 bits per heavy atom. The zero-order valence-corrected chi connectivity index (χ0v) is 17.5. The maximum absolute atomic E-state index is 13.3. The van der Waals surface area contributed by atoms with Crippen molar-refractivity contribution < 1.29 is 13.2 Å². The minimum Gasteiger partial charge on any atom is -0.274 e. The summed E-state index contributed by atoms with van der Waals surface area (Å²) in [7, 11) is -3.96. The first-order valence-electron chi connectivity index (χ1n) is 9.15. The number of nitrogens with one attached hydrogen (secondary N) is 1. The highest BCUT2D eigenvalue weighted by Gasteiger charge is 2.32. The zero-order chi connectivity index (χ0) is 20.7. The molecule has 28 heavy (non-hydrogen) atoms. The van der Waals surface area contributed by atoms with Crippen molar-refractivity contribution in [3.63, 3.8) is 0 Å². The molecule has 6 heteroatoms. The highest BCUT2D eigenvalue weighted by Crippen LogP contribution is 2.20. The molecule has 1 atom stereocenters. The van der Waals surface area contributed by atoms with Crippen LogP contribution in [0, 0.1) is 24.7 Å². The van der Waals surface area contributed by atoms with Crippen molar-refractivity contribution in [1.29, 1.82) is 0 Å². The van der Waals surface area contributed by atoms with E-state index >= 15 is 0 Å². The summed E-state index contributed by atoms with van der Waals surface area (Å²) in [6.07, 6.45) is 0.477. The molecule has 0 heterocycles. The maximum Gasteiger partial charge on any atom is 0.261 e. The second-order valence-corrected chi connectivity index (χ2v) is 8.88. The number of carbonyl (C=O) groups excluding carboxylic acids is 1. The Morgan fingerprint density at radius 3 is 2.21 bits per heavy atom. The van der Waals surface area contributed by atoms with Crippen molar-refractivity contribution in [3.05, 3.63) is 65.7 Å². The van der Waals surface area contributed by atoms with Crippen LogP contribution in [0.1, 0.15) is 38.3 Å². The molecule has 0 aromatic heterocycles. The summed E-state index contributed by atoms with van der Waals surface area (Å²) < 4.78 is 27.5. The Kier molecular flexibility index (Phi) is 7.38. The summed E-state index contributed by atoms with van der Waals surface area (Å²) >= 11 is 0. The lowest BCUT2D eigenvalue weighted by Gasteiger charge is -2.28. The van der Waals surface area contributed by atoms with Gasteiger partial charge in [0, 0.05) is 12.5 Å². The molecule has 148 valence electrons. The second-order valence-electron chi connectivity index (χ2n) is 7.06. The van der Waals surface area contributed by atoms with Gasteiger partial charge in [0.2, 0.25) is 5.91 Å².